The van der Waals surface area contributed by atoms with E-state index < -0.39 is 5.60 Å². The third kappa shape index (κ3) is 3.72. The number of amides is 2. The minimum Gasteiger partial charge on any atom is -0.389 e. The second-order valence-corrected chi connectivity index (χ2v) is 6.60. The summed E-state index contributed by atoms with van der Waals surface area (Å²) in [7, 11) is 0. The average Bonchev–Trinajstić information content (AvgIpc) is 2.97. The highest BCUT2D eigenvalue weighted by Gasteiger charge is 2.35. The van der Waals surface area contributed by atoms with Crippen LogP contribution in [-0.4, -0.2) is 46.6 Å². The lowest BCUT2D eigenvalue weighted by Gasteiger charge is -2.23. The van der Waals surface area contributed by atoms with Gasteiger partial charge in [-0.2, -0.15) is 0 Å². The summed E-state index contributed by atoms with van der Waals surface area (Å²) in [6.07, 6.45) is 4.46. The molecule has 1 aliphatic carbocycles. The SMILES string of the molecule is CC(C)C(=O)N1CCC(NC(=O)CC2(O)CCCC2)C1. The predicted molar refractivity (Wildman–Crippen MR) is 76.0 cm³/mol. The van der Waals surface area contributed by atoms with Crippen LogP contribution in [-0.2, 0) is 9.59 Å². The number of hydrogen-bond donors (Lipinski definition) is 2. The standard InChI is InChI=1S/C15H26N2O3/c1-11(2)14(19)17-8-5-12(10-17)16-13(18)9-15(20)6-3-4-7-15/h11-12,20H,3-10H2,1-2H3,(H,16,18). The molecule has 2 amide bonds. The first kappa shape index (κ1) is 15.3. The van der Waals surface area contributed by atoms with E-state index in [-0.39, 0.29) is 30.2 Å². The third-order valence-electron chi connectivity index (χ3n) is 4.38. The monoisotopic (exact) mass is 282 g/mol. The lowest BCUT2D eigenvalue weighted by Crippen LogP contribution is -2.42. The predicted octanol–water partition coefficient (Wildman–Crippen LogP) is 1.05. The van der Waals surface area contributed by atoms with Crippen LogP contribution in [0.5, 0.6) is 0 Å². The Bertz CT molecular complexity index is 375. The van der Waals surface area contributed by atoms with Gasteiger partial charge in [-0.05, 0) is 19.3 Å². The van der Waals surface area contributed by atoms with Gasteiger partial charge in [-0.3, -0.25) is 9.59 Å². The van der Waals surface area contributed by atoms with Gasteiger partial charge in [-0.25, -0.2) is 0 Å². The first-order chi connectivity index (χ1) is 9.39. The molecule has 1 saturated heterocycles. The van der Waals surface area contributed by atoms with Gasteiger partial charge in [0.2, 0.25) is 11.8 Å². The summed E-state index contributed by atoms with van der Waals surface area (Å²) in [6, 6.07) is 0.0372. The molecule has 114 valence electrons. The fourth-order valence-electron chi connectivity index (χ4n) is 3.23. The zero-order valence-electron chi connectivity index (χ0n) is 12.5. The highest BCUT2D eigenvalue weighted by Crippen LogP contribution is 2.32. The van der Waals surface area contributed by atoms with Crippen LogP contribution < -0.4 is 5.32 Å². The Balaban J connectivity index is 1.77. The molecule has 1 unspecified atom stereocenters. The largest absolute Gasteiger partial charge is 0.389 e. The smallest absolute Gasteiger partial charge is 0.225 e. The molecule has 1 atom stereocenters. The van der Waals surface area contributed by atoms with E-state index >= 15 is 0 Å². The molecule has 2 rings (SSSR count). The second-order valence-electron chi connectivity index (χ2n) is 6.60. The number of carbonyl (C=O) groups excluding carboxylic acids is 2. The number of likely N-dealkylation sites (tertiary alicyclic amines) is 1. The van der Waals surface area contributed by atoms with Gasteiger partial charge in [-0.1, -0.05) is 26.7 Å². The van der Waals surface area contributed by atoms with E-state index in [1.54, 1.807) is 0 Å². The van der Waals surface area contributed by atoms with E-state index in [9.17, 15) is 14.7 Å². The van der Waals surface area contributed by atoms with Gasteiger partial charge >= 0.3 is 0 Å². The van der Waals surface area contributed by atoms with E-state index in [0.717, 1.165) is 32.1 Å². The van der Waals surface area contributed by atoms with Crippen molar-refractivity contribution in [3.8, 4) is 0 Å². The molecule has 2 aliphatic rings. The number of hydrogen-bond acceptors (Lipinski definition) is 3. The zero-order chi connectivity index (χ0) is 14.8. The molecule has 2 fully saturated rings. The second kappa shape index (κ2) is 6.12. The summed E-state index contributed by atoms with van der Waals surface area (Å²) >= 11 is 0. The summed E-state index contributed by atoms with van der Waals surface area (Å²) in [4.78, 5) is 25.7. The summed E-state index contributed by atoms with van der Waals surface area (Å²) in [5.41, 5.74) is -0.796. The van der Waals surface area contributed by atoms with Crippen molar-refractivity contribution < 1.29 is 14.7 Å². The highest BCUT2D eigenvalue weighted by molar-refractivity contribution is 5.79. The van der Waals surface area contributed by atoms with E-state index in [1.165, 1.54) is 0 Å². The molecule has 0 radical (unpaired) electrons. The zero-order valence-corrected chi connectivity index (χ0v) is 12.5. The third-order valence-corrected chi connectivity index (χ3v) is 4.38. The van der Waals surface area contributed by atoms with Crippen LogP contribution >= 0.6 is 0 Å². The Morgan fingerprint density at radius 1 is 1.35 bits per heavy atom. The van der Waals surface area contributed by atoms with Crippen molar-refractivity contribution in [1.29, 1.82) is 0 Å². The molecule has 20 heavy (non-hydrogen) atoms. The molecule has 2 N–H and O–H groups in total. The molecule has 0 aromatic rings. The number of carbonyl (C=O) groups is 2. The maximum Gasteiger partial charge on any atom is 0.225 e. The average molecular weight is 282 g/mol. The van der Waals surface area contributed by atoms with Gasteiger partial charge in [0.05, 0.1) is 12.0 Å². The van der Waals surface area contributed by atoms with Gasteiger partial charge in [0.25, 0.3) is 0 Å². The first-order valence-corrected chi connectivity index (χ1v) is 7.70. The van der Waals surface area contributed by atoms with Crippen molar-refractivity contribution in [2.24, 2.45) is 5.92 Å². The summed E-state index contributed by atoms with van der Waals surface area (Å²) in [6.45, 7) is 5.10. The van der Waals surface area contributed by atoms with Crippen molar-refractivity contribution in [3.05, 3.63) is 0 Å². The lowest BCUT2D eigenvalue weighted by atomic mass is 9.97. The van der Waals surface area contributed by atoms with Crippen LogP contribution in [0.25, 0.3) is 0 Å². The fraction of sp³-hybridized carbons (Fsp3) is 0.867. The van der Waals surface area contributed by atoms with Crippen molar-refractivity contribution in [1.82, 2.24) is 10.2 Å². The van der Waals surface area contributed by atoms with Crippen LogP contribution in [0.4, 0.5) is 0 Å². The van der Waals surface area contributed by atoms with Crippen LogP contribution in [0.15, 0.2) is 0 Å². The maximum atomic E-state index is 12.0. The summed E-state index contributed by atoms with van der Waals surface area (Å²) in [5.74, 6) is 0.0677. The van der Waals surface area contributed by atoms with Crippen LogP contribution in [0.1, 0.15) is 52.4 Å². The van der Waals surface area contributed by atoms with Gasteiger partial charge in [0, 0.05) is 25.0 Å². The fourth-order valence-corrected chi connectivity index (χ4v) is 3.23. The molecule has 0 aromatic carbocycles. The molecule has 1 aliphatic heterocycles. The Hall–Kier alpha value is -1.10. The molecule has 1 heterocycles. The summed E-state index contributed by atoms with van der Waals surface area (Å²) in [5, 5.41) is 13.2. The Morgan fingerprint density at radius 3 is 2.60 bits per heavy atom. The van der Waals surface area contributed by atoms with Gasteiger partial charge in [-0.15, -0.1) is 0 Å². The Morgan fingerprint density at radius 2 is 2.00 bits per heavy atom. The summed E-state index contributed by atoms with van der Waals surface area (Å²) < 4.78 is 0. The van der Waals surface area contributed by atoms with Gasteiger partial charge in [0.1, 0.15) is 0 Å². The molecular weight excluding hydrogens is 256 g/mol. The molecule has 0 aromatic heterocycles. The minimum atomic E-state index is -0.796. The van der Waals surface area contributed by atoms with Crippen molar-refractivity contribution in [2.75, 3.05) is 13.1 Å². The number of nitrogens with zero attached hydrogens (tertiary/aromatic N) is 1. The molecule has 1 saturated carbocycles. The Labute approximate surface area is 120 Å². The van der Waals surface area contributed by atoms with E-state index in [2.05, 4.69) is 5.32 Å². The normalized spacial score (nSPS) is 25.2. The van der Waals surface area contributed by atoms with Crippen molar-refractivity contribution >= 4 is 11.8 Å². The quantitative estimate of drug-likeness (QED) is 0.810. The Kier molecular flexibility index (Phi) is 4.68. The van der Waals surface area contributed by atoms with Crippen molar-refractivity contribution in [2.45, 2.75) is 64.0 Å². The van der Waals surface area contributed by atoms with Crippen LogP contribution in [0, 0.1) is 5.92 Å². The first-order valence-electron chi connectivity index (χ1n) is 7.70. The topological polar surface area (TPSA) is 69.6 Å². The van der Waals surface area contributed by atoms with Crippen LogP contribution in [0.2, 0.25) is 0 Å². The number of aliphatic hydroxyl groups is 1. The van der Waals surface area contributed by atoms with Gasteiger partial charge in [0.15, 0.2) is 0 Å². The van der Waals surface area contributed by atoms with Gasteiger partial charge < -0.3 is 15.3 Å². The maximum absolute atomic E-state index is 12.0. The molecule has 0 spiro atoms. The highest BCUT2D eigenvalue weighted by atomic mass is 16.3. The van der Waals surface area contributed by atoms with Crippen molar-refractivity contribution in [3.63, 3.8) is 0 Å². The molecule has 5 heteroatoms. The lowest BCUT2D eigenvalue weighted by molar-refractivity contribution is -0.134. The molecule has 5 nitrogen and oxygen atoms in total. The molecule has 0 bridgehead atoms. The van der Waals surface area contributed by atoms with E-state index in [4.69, 9.17) is 0 Å². The minimum absolute atomic E-state index is 0.00338. The van der Waals surface area contributed by atoms with E-state index in [0.29, 0.717) is 13.1 Å². The molecular formula is C15H26N2O3. The van der Waals surface area contributed by atoms with Crippen LogP contribution in [0.3, 0.4) is 0 Å². The van der Waals surface area contributed by atoms with E-state index in [1.807, 2.05) is 18.7 Å². The number of nitrogens with one attached hydrogen (secondary N) is 1. The number of rotatable bonds is 4.